The van der Waals surface area contributed by atoms with Crippen molar-refractivity contribution in [3.05, 3.63) is 58.1 Å². The molecule has 0 saturated heterocycles. The maximum atomic E-state index is 6.06. The predicted molar refractivity (Wildman–Crippen MR) is 88.5 cm³/mol. The topological polar surface area (TPSA) is 21.3 Å². The van der Waals surface area contributed by atoms with Gasteiger partial charge in [-0.3, -0.25) is 0 Å². The van der Waals surface area contributed by atoms with Crippen molar-refractivity contribution < 1.29 is 4.74 Å². The van der Waals surface area contributed by atoms with Crippen LogP contribution in [0.15, 0.2) is 36.4 Å². The van der Waals surface area contributed by atoms with Crippen molar-refractivity contribution in [2.24, 2.45) is 0 Å². The minimum absolute atomic E-state index is 0.252. The highest BCUT2D eigenvalue weighted by Crippen LogP contribution is 2.30. The third kappa shape index (κ3) is 3.01. The van der Waals surface area contributed by atoms with Crippen LogP contribution in [0.3, 0.4) is 0 Å². The fourth-order valence-electron chi connectivity index (χ4n) is 2.94. The maximum absolute atomic E-state index is 6.06. The molecule has 1 unspecified atom stereocenters. The first-order valence-electron chi connectivity index (χ1n) is 7.39. The van der Waals surface area contributed by atoms with Gasteiger partial charge in [0.1, 0.15) is 5.75 Å². The summed E-state index contributed by atoms with van der Waals surface area (Å²) < 4.78 is 5.26. The number of nitrogens with one attached hydrogen (secondary N) is 1. The van der Waals surface area contributed by atoms with E-state index in [-0.39, 0.29) is 6.04 Å². The molecule has 0 aromatic heterocycles. The third-order valence-corrected chi connectivity index (χ3v) is 4.47. The minimum Gasteiger partial charge on any atom is -0.495 e. The first kappa shape index (κ1) is 14.3. The molecule has 0 bridgehead atoms. The van der Waals surface area contributed by atoms with Crippen molar-refractivity contribution in [3.63, 3.8) is 0 Å². The molecule has 110 valence electrons. The van der Waals surface area contributed by atoms with Crippen molar-refractivity contribution in [2.45, 2.75) is 32.2 Å². The molecule has 0 amide bonds. The monoisotopic (exact) mass is 301 g/mol. The SMILES string of the molecule is COc1cc(NC(C)c2ccc3c(c2)CCC3)ccc1Cl. The Kier molecular flexibility index (Phi) is 4.07. The van der Waals surface area contributed by atoms with E-state index in [0.29, 0.717) is 10.8 Å². The Bertz CT molecular complexity index is 654. The number of methoxy groups -OCH3 is 1. The fraction of sp³-hybridized carbons (Fsp3) is 0.333. The molecule has 21 heavy (non-hydrogen) atoms. The van der Waals surface area contributed by atoms with E-state index in [2.05, 4.69) is 30.4 Å². The van der Waals surface area contributed by atoms with E-state index in [9.17, 15) is 0 Å². The molecule has 0 saturated carbocycles. The molecule has 0 aliphatic heterocycles. The quantitative estimate of drug-likeness (QED) is 0.857. The number of halogens is 1. The summed E-state index contributed by atoms with van der Waals surface area (Å²) in [6.07, 6.45) is 3.73. The summed E-state index contributed by atoms with van der Waals surface area (Å²) in [4.78, 5) is 0. The van der Waals surface area contributed by atoms with Crippen LogP contribution in [0.1, 0.15) is 36.1 Å². The molecule has 0 fully saturated rings. The Balaban J connectivity index is 1.78. The van der Waals surface area contributed by atoms with E-state index in [4.69, 9.17) is 16.3 Å². The number of ether oxygens (including phenoxy) is 1. The van der Waals surface area contributed by atoms with E-state index < -0.39 is 0 Å². The summed E-state index contributed by atoms with van der Waals surface area (Å²) >= 11 is 6.06. The van der Waals surface area contributed by atoms with E-state index in [1.54, 1.807) is 7.11 Å². The fourth-order valence-corrected chi connectivity index (χ4v) is 3.14. The average molecular weight is 302 g/mol. The third-order valence-electron chi connectivity index (χ3n) is 4.16. The van der Waals surface area contributed by atoms with E-state index in [1.807, 2.05) is 18.2 Å². The summed E-state index contributed by atoms with van der Waals surface area (Å²) in [6.45, 7) is 2.18. The zero-order valence-corrected chi connectivity index (χ0v) is 13.2. The molecular weight excluding hydrogens is 282 g/mol. The molecule has 0 radical (unpaired) electrons. The molecule has 2 aromatic carbocycles. The standard InChI is InChI=1S/C18H20ClNO/c1-12(14-7-6-13-4-3-5-15(13)10-14)20-16-8-9-17(19)18(11-16)21-2/h6-12,20H,3-5H2,1-2H3. The first-order valence-corrected chi connectivity index (χ1v) is 7.77. The smallest absolute Gasteiger partial charge is 0.139 e. The second-order valence-corrected chi connectivity index (χ2v) is 6.00. The summed E-state index contributed by atoms with van der Waals surface area (Å²) in [5.41, 5.74) is 5.36. The van der Waals surface area contributed by atoms with Crippen LogP contribution >= 0.6 is 11.6 Å². The van der Waals surface area contributed by atoms with Crippen LogP contribution < -0.4 is 10.1 Å². The minimum atomic E-state index is 0.252. The highest BCUT2D eigenvalue weighted by atomic mass is 35.5. The molecular formula is C18H20ClNO. The van der Waals surface area contributed by atoms with Crippen LogP contribution in [0.2, 0.25) is 5.02 Å². The number of aryl methyl sites for hydroxylation is 2. The number of fused-ring (bicyclic) bond motifs is 1. The molecule has 1 aliphatic rings. The van der Waals surface area contributed by atoms with Crippen molar-refractivity contribution in [3.8, 4) is 5.75 Å². The van der Waals surface area contributed by atoms with Gasteiger partial charge in [-0.1, -0.05) is 29.8 Å². The second-order valence-electron chi connectivity index (χ2n) is 5.60. The Morgan fingerprint density at radius 2 is 1.90 bits per heavy atom. The van der Waals surface area contributed by atoms with E-state index >= 15 is 0 Å². The molecule has 2 aromatic rings. The summed E-state index contributed by atoms with van der Waals surface area (Å²) in [5.74, 6) is 0.697. The number of hydrogen-bond donors (Lipinski definition) is 1. The van der Waals surface area contributed by atoms with Gasteiger partial charge >= 0.3 is 0 Å². The summed E-state index contributed by atoms with van der Waals surface area (Å²) in [7, 11) is 1.63. The zero-order chi connectivity index (χ0) is 14.8. The van der Waals surface area contributed by atoms with Gasteiger partial charge in [0.05, 0.1) is 12.1 Å². The van der Waals surface area contributed by atoms with Crippen LogP contribution in [0.5, 0.6) is 5.75 Å². The number of rotatable bonds is 4. The Morgan fingerprint density at radius 1 is 1.10 bits per heavy atom. The van der Waals surface area contributed by atoms with Gasteiger partial charge < -0.3 is 10.1 Å². The van der Waals surface area contributed by atoms with E-state index in [1.165, 1.54) is 36.0 Å². The van der Waals surface area contributed by atoms with Crippen LogP contribution in [0.25, 0.3) is 0 Å². The average Bonchev–Trinajstić information content (AvgIpc) is 2.96. The van der Waals surface area contributed by atoms with Crippen LogP contribution in [0.4, 0.5) is 5.69 Å². The van der Waals surface area contributed by atoms with Crippen LogP contribution in [0, 0.1) is 0 Å². The van der Waals surface area contributed by atoms with Gasteiger partial charge in [0.2, 0.25) is 0 Å². The largest absolute Gasteiger partial charge is 0.495 e. The van der Waals surface area contributed by atoms with Gasteiger partial charge in [-0.25, -0.2) is 0 Å². The van der Waals surface area contributed by atoms with Crippen LogP contribution in [-0.4, -0.2) is 7.11 Å². The maximum Gasteiger partial charge on any atom is 0.139 e. The molecule has 0 spiro atoms. The molecule has 3 heteroatoms. The van der Waals surface area contributed by atoms with Crippen molar-refractivity contribution in [1.82, 2.24) is 0 Å². The Labute approximate surface area is 131 Å². The molecule has 2 nitrogen and oxygen atoms in total. The lowest BCUT2D eigenvalue weighted by Crippen LogP contribution is -2.07. The van der Waals surface area contributed by atoms with Gasteiger partial charge in [0.15, 0.2) is 0 Å². The first-order chi connectivity index (χ1) is 10.2. The Hall–Kier alpha value is -1.67. The summed E-state index contributed by atoms with van der Waals surface area (Å²) in [5, 5.41) is 4.15. The Morgan fingerprint density at radius 3 is 2.71 bits per heavy atom. The van der Waals surface area contributed by atoms with Crippen LogP contribution in [-0.2, 0) is 12.8 Å². The van der Waals surface area contributed by atoms with Gasteiger partial charge in [0, 0.05) is 17.8 Å². The van der Waals surface area contributed by atoms with E-state index in [0.717, 1.165) is 5.69 Å². The highest BCUT2D eigenvalue weighted by molar-refractivity contribution is 6.32. The van der Waals surface area contributed by atoms with Gasteiger partial charge in [0.25, 0.3) is 0 Å². The molecule has 1 atom stereocenters. The second kappa shape index (κ2) is 5.98. The van der Waals surface area contributed by atoms with Crippen molar-refractivity contribution in [2.75, 3.05) is 12.4 Å². The molecule has 3 rings (SSSR count). The van der Waals surface area contributed by atoms with Crippen molar-refractivity contribution in [1.29, 1.82) is 0 Å². The van der Waals surface area contributed by atoms with Gasteiger partial charge in [-0.2, -0.15) is 0 Å². The number of benzene rings is 2. The van der Waals surface area contributed by atoms with Crippen molar-refractivity contribution >= 4 is 17.3 Å². The lowest BCUT2D eigenvalue weighted by Gasteiger charge is -2.17. The number of anilines is 1. The summed E-state index contributed by atoms with van der Waals surface area (Å²) in [6, 6.07) is 12.9. The number of hydrogen-bond acceptors (Lipinski definition) is 2. The van der Waals surface area contributed by atoms with Gasteiger partial charge in [-0.15, -0.1) is 0 Å². The highest BCUT2D eigenvalue weighted by Gasteiger charge is 2.13. The zero-order valence-electron chi connectivity index (χ0n) is 12.4. The van der Waals surface area contributed by atoms with Gasteiger partial charge in [-0.05, 0) is 55.0 Å². The molecule has 0 heterocycles. The molecule has 1 aliphatic carbocycles. The normalized spacial score (nSPS) is 14.6. The predicted octanol–water partition coefficient (Wildman–Crippen LogP) is 5.01. The lowest BCUT2D eigenvalue weighted by molar-refractivity contribution is 0.415. The lowest BCUT2D eigenvalue weighted by atomic mass is 10.0. The molecule has 1 N–H and O–H groups in total.